The third-order valence-electron chi connectivity index (χ3n) is 5.99. The van der Waals surface area contributed by atoms with Crippen molar-refractivity contribution >= 4 is 45.1 Å². The van der Waals surface area contributed by atoms with Crippen LogP contribution in [0.25, 0.3) is 0 Å². The minimum absolute atomic E-state index is 0.109. The van der Waals surface area contributed by atoms with Gasteiger partial charge in [-0.1, -0.05) is 54.1 Å². The Morgan fingerprint density at radius 1 is 1.00 bits per heavy atom. The molecule has 1 aliphatic rings. The maximum absolute atomic E-state index is 13.7. The molecule has 3 N–H and O–H groups in total. The van der Waals surface area contributed by atoms with Crippen LogP contribution in [-0.2, 0) is 15.0 Å². The number of likely N-dealkylation sites (N-methyl/N-ethyl adjacent to an activating group) is 1. The Labute approximate surface area is 214 Å². The van der Waals surface area contributed by atoms with Gasteiger partial charge in [0, 0.05) is 18.7 Å². The van der Waals surface area contributed by atoms with E-state index < -0.39 is 21.8 Å². The number of amides is 3. The summed E-state index contributed by atoms with van der Waals surface area (Å²) in [4.78, 5) is 28.0. The summed E-state index contributed by atoms with van der Waals surface area (Å²) in [5.41, 5.74) is 0.221. The van der Waals surface area contributed by atoms with Crippen LogP contribution in [0.3, 0.4) is 0 Å². The fourth-order valence-corrected chi connectivity index (χ4v) is 5.12. The Hall–Kier alpha value is -3.76. The van der Waals surface area contributed by atoms with Gasteiger partial charge < -0.3 is 15.0 Å². The van der Waals surface area contributed by atoms with Gasteiger partial charge in [-0.05, 0) is 48.4 Å². The van der Waals surface area contributed by atoms with E-state index in [1.54, 1.807) is 50.6 Å². The number of anilines is 2. The molecular weight excluding hydrogens is 504 g/mol. The molecule has 0 radical (unpaired) electrons. The number of nitrogens with zero attached hydrogens (tertiary/aromatic N) is 1. The van der Waals surface area contributed by atoms with Crippen LogP contribution < -0.4 is 24.4 Å². The Bertz CT molecular complexity index is 1370. The number of halogens is 1. The summed E-state index contributed by atoms with van der Waals surface area (Å²) in [6, 6.07) is 21.3. The van der Waals surface area contributed by atoms with Crippen LogP contribution in [0.2, 0.25) is 5.02 Å². The molecule has 36 heavy (non-hydrogen) atoms. The zero-order chi connectivity index (χ0) is 25.9. The second kappa shape index (κ2) is 10.1. The molecule has 3 aromatic rings. The molecule has 3 amide bonds. The van der Waals surface area contributed by atoms with E-state index in [0.29, 0.717) is 17.9 Å². The SMILES string of the molecule is COc1ccc(N(C)C(=O)[C@]2(NC(=O)NS(=O)(=O)Nc3ccccc3Cl)CC2c2ccccc2)cc1. The number of hydrogen-bond donors (Lipinski definition) is 3. The predicted octanol–water partition coefficient (Wildman–Crippen LogP) is 3.89. The summed E-state index contributed by atoms with van der Waals surface area (Å²) in [5.74, 6) is -0.0818. The van der Waals surface area contributed by atoms with Crippen molar-refractivity contribution < 1.29 is 22.7 Å². The van der Waals surface area contributed by atoms with Crippen LogP contribution in [0, 0.1) is 0 Å². The lowest BCUT2D eigenvalue weighted by Crippen LogP contribution is -2.55. The number of hydrogen-bond acceptors (Lipinski definition) is 5. The molecule has 1 saturated carbocycles. The molecule has 0 aliphatic heterocycles. The molecule has 0 aromatic heterocycles. The normalized spacial score (nSPS) is 18.6. The van der Waals surface area contributed by atoms with Gasteiger partial charge in [0.05, 0.1) is 17.8 Å². The molecule has 1 aliphatic carbocycles. The summed E-state index contributed by atoms with van der Waals surface area (Å²) in [6.45, 7) is 0. The Balaban J connectivity index is 1.55. The van der Waals surface area contributed by atoms with Crippen LogP contribution in [-0.4, -0.2) is 40.1 Å². The van der Waals surface area contributed by atoms with Gasteiger partial charge in [-0.15, -0.1) is 0 Å². The first kappa shape index (κ1) is 25.3. The van der Waals surface area contributed by atoms with Crippen molar-refractivity contribution in [1.82, 2.24) is 10.0 Å². The number of rotatable bonds is 8. The van der Waals surface area contributed by atoms with Gasteiger partial charge in [0.15, 0.2) is 0 Å². The highest BCUT2D eigenvalue weighted by Crippen LogP contribution is 2.52. The molecular formula is C25H25ClN4O5S. The second-order valence-electron chi connectivity index (χ2n) is 8.34. The Kier molecular flexibility index (Phi) is 7.09. The van der Waals surface area contributed by atoms with Gasteiger partial charge in [-0.2, -0.15) is 8.42 Å². The quantitative estimate of drug-likeness (QED) is 0.410. The molecule has 1 unspecified atom stereocenters. The van der Waals surface area contributed by atoms with Crippen molar-refractivity contribution in [2.45, 2.75) is 17.9 Å². The van der Waals surface area contributed by atoms with Gasteiger partial charge in [0.1, 0.15) is 11.3 Å². The summed E-state index contributed by atoms with van der Waals surface area (Å²) >= 11 is 6.01. The lowest BCUT2D eigenvalue weighted by Gasteiger charge is -2.26. The summed E-state index contributed by atoms with van der Waals surface area (Å²) in [6.07, 6.45) is 0.307. The average molecular weight is 529 g/mol. The first-order valence-corrected chi connectivity index (χ1v) is 12.9. The molecule has 9 nitrogen and oxygen atoms in total. The largest absolute Gasteiger partial charge is 0.497 e. The van der Waals surface area contributed by atoms with Crippen molar-refractivity contribution in [2.24, 2.45) is 0 Å². The van der Waals surface area contributed by atoms with E-state index in [1.165, 1.54) is 17.0 Å². The van der Waals surface area contributed by atoms with Crippen molar-refractivity contribution in [1.29, 1.82) is 0 Å². The summed E-state index contributed by atoms with van der Waals surface area (Å²) in [7, 11) is -1.18. The second-order valence-corrected chi connectivity index (χ2v) is 10.2. The molecule has 0 heterocycles. The smallest absolute Gasteiger partial charge is 0.330 e. The predicted molar refractivity (Wildman–Crippen MR) is 139 cm³/mol. The third kappa shape index (κ3) is 5.39. The number of carbonyl (C=O) groups excluding carboxylic acids is 2. The molecule has 3 aromatic carbocycles. The number of benzene rings is 3. The summed E-state index contributed by atoms with van der Waals surface area (Å²) in [5, 5.41) is 2.80. The number of urea groups is 1. The molecule has 0 saturated heterocycles. The lowest BCUT2D eigenvalue weighted by atomic mass is 10.0. The minimum Gasteiger partial charge on any atom is -0.497 e. The van der Waals surface area contributed by atoms with Gasteiger partial charge >= 0.3 is 16.2 Å². The number of carbonyl (C=O) groups is 2. The van der Waals surface area contributed by atoms with Gasteiger partial charge in [0.25, 0.3) is 5.91 Å². The number of nitrogens with one attached hydrogen (secondary N) is 3. The maximum Gasteiger partial charge on any atom is 0.330 e. The van der Waals surface area contributed by atoms with E-state index in [4.69, 9.17) is 16.3 Å². The molecule has 0 spiro atoms. The van der Waals surface area contributed by atoms with E-state index in [0.717, 1.165) is 5.56 Å². The zero-order valence-corrected chi connectivity index (χ0v) is 21.1. The van der Waals surface area contributed by atoms with Crippen molar-refractivity contribution in [3.05, 3.63) is 89.4 Å². The van der Waals surface area contributed by atoms with Crippen LogP contribution in [0.15, 0.2) is 78.9 Å². The fourth-order valence-electron chi connectivity index (χ4n) is 4.07. The standard InChI is InChI=1S/C25H25ClN4O5S/c1-30(18-12-14-19(35-2)15-13-18)23(31)25(16-20(25)17-8-4-3-5-9-17)27-24(32)29-36(33,34)28-22-11-7-6-10-21(22)26/h3-15,20,28H,16H2,1-2H3,(H2,27,29,32)/t20?,25-/m0/s1. The van der Waals surface area contributed by atoms with Crippen LogP contribution in [0.5, 0.6) is 5.75 Å². The number of ether oxygens (including phenoxy) is 1. The van der Waals surface area contributed by atoms with E-state index in [1.807, 2.05) is 35.1 Å². The molecule has 2 atom stereocenters. The maximum atomic E-state index is 13.7. The third-order valence-corrected chi connectivity index (χ3v) is 7.26. The molecule has 4 rings (SSSR count). The Morgan fingerprint density at radius 3 is 2.28 bits per heavy atom. The highest BCUT2D eigenvalue weighted by molar-refractivity contribution is 7.91. The highest BCUT2D eigenvalue weighted by Gasteiger charge is 2.63. The molecule has 188 valence electrons. The van der Waals surface area contributed by atoms with Gasteiger partial charge in [0.2, 0.25) is 0 Å². The first-order chi connectivity index (χ1) is 17.1. The van der Waals surface area contributed by atoms with E-state index in [2.05, 4.69) is 10.0 Å². The highest BCUT2D eigenvalue weighted by atomic mass is 35.5. The van der Waals surface area contributed by atoms with Crippen LogP contribution >= 0.6 is 11.6 Å². The van der Waals surface area contributed by atoms with Crippen molar-refractivity contribution in [3.8, 4) is 5.75 Å². The van der Waals surface area contributed by atoms with Crippen molar-refractivity contribution in [3.63, 3.8) is 0 Å². The van der Waals surface area contributed by atoms with Crippen molar-refractivity contribution in [2.75, 3.05) is 23.8 Å². The van der Waals surface area contributed by atoms with E-state index in [-0.39, 0.29) is 22.5 Å². The Morgan fingerprint density at radius 2 is 1.64 bits per heavy atom. The fraction of sp³-hybridized carbons (Fsp3) is 0.200. The molecule has 0 bridgehead atoms. The topological polar surface area (TPSA) is 117 Å². The zero-order valence-electron chi connectivity index (χ0n) is 19.6. The van der Waals surface area contributed by atoms with E-state index in [9.17, 15) is 18.0 Å². The van der Waals surface area contributed by atoms with Crippen LogP contribution in [0.4, 0.5) is 16.2 Å². The number of methoxy groups -OCH3 is 1. The van der Waals surface area contributed by atoms with E-state index >= 15 is 0 Å². The molecule has 1 fully saturated rings. The monoisotopic (exact) mass is 528 g/mol. The van der Waals surface area contributed by atoms with Gasteiger partial charge in [-0.3, -0.25) is 9.52 Å². The number of para-hydroxylation sites is 1. The molecule has 11 heteroatoms. The summed E-state index contributed by atoms with van der Waals surface area (Å²) < 4.78 is 34.4. The van der Waals surface area contributed by atoms with Crippen LogP contribution in [0.1, 0.15) is 17.9 Å². The van der Waals surface area contributed by atoms with Gasteiger partial charge in [-0.25, -0.2) is 9.52 Å². The first-order valence-electron chi connectivity index (χ1n) is 11.0. The average Bonchev–Trinajstić information content (AvgIpc) is 3.59. The minimum atomic E-state index is -4.32. The lowest BCUT2D eigenvalue weighted by molar-refractivity contribution is -0.121.